The third-order valence-electron chi connectivity index (χ3n) is 7.81. The predicted molar refractivity (Wildman–Crippen MR) is 153 cm³/mol. The average Bonchev–Trinajstić information content (AvgIpc) is 3.51. The molecule has 5 rings (SSSR count). The number of carbonyl (C=O) groups is 2. The van der Waals surface area contributed by atoms with Crippen molar-refractivity contribution in [1.29, 1.82) is 0 Å². The first-order chi connectivity index (χ1) is 19.0. The van der Waals surface area contributed by atoms with Crippen LogP contribution in [0.25, 0.3) is 0 Å². The molecular weight excluding hydrogens is 512 g/mol. The van der Waals surface area contributed by atoms with Gasteiger partial charge in [0.05, 0.1) is 26.3 Å². The molecule has 3 atom stereocenters. The first-order valence-electron chi connectivity index (χ1n) is 13.3. The van der Waals surface area contributed by atoms with Gasteiger partial charge in [0.1, 0.15) is 17.0 Å². The molecule has 204 valence electrons. The van der Waals surface area contributed by atoms with Crippen molar-refractivity contribution in [3.63, 3.8) is 0 Å². The van der Waals surface area contributed by atoms with Crippen molar-refractivity contribution >= 4 is 23.8 Å². The maximum atomic E-state index is 14.0. The minimum absolute atomic E-state index is 0.00607. The standard InChI is InChI=1S/C31H34N2O5S/c1-37-24-16-12-22(13-17-24)31(21-8-4-3-5-9-21,23-14-18-25(38-2)19-15-23)33-29-26(32-30(33)36)20-39-27(29)10-6-7-11-28(34)35/h3-5,8-9,12-19,26-27,29H,6-7,10-11,20H2,1-2H3,(H,32,36)(H,34,35)/t26-,27-,29-/m0/s1. The number of carboxylic acid groups (broad SMARTS) is 1. The average molecular weight is 547 g/mol. The van der Waals surface area contributed by atoms with Crippen molar-refractivity contribution in [2.45, 2.75) is 48.6 Å². The van der Waals surface area contributed by atoms with Crippen LogP contribution in [0, 0.1) is 0 Å². The van der Waals surface area contributed by atoms with Gasteiger partial charge in [0.25, 0.3) is 0 Å². The lowest BCUT2D eigenvalue weighted by molar-refractivity contribution is -0.137. The number of nitrogens with one attached hydrogen (secondary N) is 1. The quantitative estimate of drug-likeness (QED) is 0.187. The molecule has 2 aliphatic rings. The Labute approximate surface area is 233 Å². The number of thioether (sulfide) groups is 1. The summed E-state index contributed by atoms with van der Waals surface area (Å²) in [6.45, 7) is 0. The molecule has 2 N–H and O–H groups in total. The highest BCUT2D eigenvalue weighted by atomic mass is 32.2. The molecule has 0 aliphatic carbocycles. The lowest BCUT2D eigenvalue weighted by Gasteiger charge is -2.46. The number of methoxy groups -OCH3 is 2. The molecule has 8 heteroatoms. The lowest BCUT2D eigenvalue weighted by atomic mass is 9.74. The molecule has 0 unspecified atom stereocenters. The fourth-order valence-corrected chi connectivity index (χ4v) is 7.61. The predicted octanol–water partition coefficient (Wildman–Crippen LogP) is 5.52. The van der Waals surface area contributed by atoms with E-state index in [1.54, 1.807) is 14.2 Å². The fraction of sp³-hybridized carbons (Fsp3) is 0.355. The summed E-state index contributed by atoms with van der Waals surface area (Å²) in [6, 6.07) is 25.9. The van der Waals surface area contributed by atoms with E-state index in [-0.39, 0.29) is 29.8 Å². The van der Waals surface area contributed by atoms with Gasteiger partial charge in [-0.25, -0.2) is 4.79 Å². The number of amides is 2. The second kappa shape index (κ2) is 11.6. The van der Waals surface area contributed by atoms with Gasteiger partial charge in [0.2, 0.25) is 0 Å². The highest BCUT2D eigenvalue weighted by molar-refractivity contribution is 8.00. The second-order valence-electron chi connectivity index (χ2n) is 9.96. The van der Waals surface area contributed by atoms with Crippen molar-refractivity contribution in [2.24, 2.45) is 0 Å². The maximum absolute atomic E-state index is 14.0. The molecule has 39 heavy (non-hydrogen) atoms. The molecule has 3 aromatic carbocycles. The van der Waals surface area contributed by atoms with E-state index in [1.807, 2.05) is 78.5 Å². The van der Waals surface area contributed by atoms with Gasteiger partial charge in [0, 0.05) is 17.4 Å². The molecule has 2 heterocycles. The summed E-state index contributed by atoms with van der Waals surface area (Å²) < 4.78 is 10.9. The van der Waals surface area contributed by atoms with Gasteiger partial charge in [-0.05, 0) is 53.8 Å². The molecule has 0 saturated carbocycles. The molecule has 2 amide bonds. The molecule has 0 spiro atoms. The largest absolute Gasteiger partial charge is 0.497 e. The van der Waals surface area contributed by atoms with E-state index in [1.165, 1.54) is 0 Å². The van der Waals surface area contributed by atoms with E-state index >= 15 is 0 Å². The van der Waals surface area contributed by atoms with E-state index in [0.717, 1.165) is 46.8 Å². The third kappa shape index (κ3) is 5.05. The highest BCUT2D eigenvalue weighted by Gasteiger charge is 2.57. The summed E-state index contributed by atoms with van der Waals surface area (Å²) in [6.07, 6.45) is 2.45. The number of fused-ring (bicyclic) bond motifs is 1. The fourth-order valence-electron chi connectivity index (χ4n) is 6.03. The molecular formula is C31H34N2O5S. The Morgan fingerprint density at radius 3 is 2.03 bits per heavy atom. The zero-order chi connectivity index (χ0) is 27.4. The first kappa shape index (κ1) is 26.9. The third-order valence-corrected chi connectivity index (χ3v) is 9.30. The van der Waals surface area contributed by atoms with Gasteiger partial charge in [0.15, 0.2) is 0 Å². The zero-order valence-electron chi connectivity index (χ0n) is 22.2. The first-order valence-corrected chi connectivity index (χ1v) is 14.3. The van der Waals surface area contributed by atoms with Crippen LogP contribution in [0.3, 0.4) is 0 Å². The summed E-state index contributed by atoms with van der Waals surface area (Å²) in [4.78, 5) is 27.2. The zero-order valence-corrected chi connectivity index (χ0v) is 23.0. The molecule has 2 fully saturated rings. The number of carboxylic acids is 1. The van der Waals surface area contributed by atoms with Crippen LogP contribution >= 0.6 is 11.8 Å². The number of unbranched alkanes of at least 4 members (excludes halogenated alkanes) is 1. The van der Waals surface area contributed by atoms with Crippen molar-refractivity contribution < 1.29 is 24.2 Å². The van der Waals surface area contributed by atoms with Gasteiger partial charge in [-0.1, -0.05) is 61.0 Å². The van der Waals surface area contributed by atoms with Crippen LogP contribution in [0.2, 0.25) is 0 Å². The smallest absolute Gasteiger partial charge is 0.319 e. The van der Waals surface area contributed by atoms with Gasteiger partial charge >= 0.3 is 12.0 Å². The summed E-state index contributed by atoms with van der Waals surface area (Å²) in [5.74, 6) is 1.54. The number of carbonyl (C=O) groups excluding carboxylic acids is 1. The number of hydrogen-bond acceptors (Lipinski definition) is 5. The maximum Gasteiger partial charge on any atom is 0.319 e. The van der Waals surface area contributed by atoms with Crippen LogP contribution in [0.15, 0.2) is 78.9 Å². The van der Waals surface area contributed by atoms with Crippen LogP contribution in [-0.2, 0) is 10.3 Å². The van der Waals surface area contributed by atoms with Gasteiger partial charge in [-0.15, -0.1) is 0 Å². The molecule has 2 saturated heterocycles. The minimum atomic E-state index is -0.923. The Kier molecular flexibility index (Phi) is 8.02. The number of rotatable bonds is 11. The molecule has 0 bridgehead atoms. The van der Waals surface area contributed by atoms with E-state index in [4.69, 9.17) is 14.6 Å². The summed E-state index contributed by atoms with van der Waals surface area (Å²) in [5, 5.41) is 12.6. The minimum Gasteiger partial charge on any atom is -0.497 e. The summed E-state index contributed by atoms with van der Waals surface area (Å²) in [7, 11) is 3.29. The summed E-state index contributed by atoms with van der Waals surface area (Å²) >= 11 is 1.87. The lowest BCUT2D eigenvalue weighted by Crippen LogP contribution is -2.55. The normalized spacial score (nSPS) is 20.4. The Morgan fingerprint density at radius 1 is 0.923 bits per heavy atom. The molecule has 7 nitrogen and oxygen atoms in total. The number of ether oxygens (including phenoxy) is 2. The van der Waals surface area contributed by atoms with E-state index in [0.29, 0.717) is 6.42 Å². The van der Waals surface area contributed by atoms with E-state index in [9.17, 15) is 9.59 Å². The molecule has 0 aromatic heterocycles. The SMILES string of the molecule is COc1ccc(C(c2ccccc2)(c2ccc(OC)cc2)N2C(=O)N[C@H]3CS[C@@H](CCCCC(=O)O)[C@H]32)cc1. The molecule has 0 radical (unpaired) electrons. The van der Waals surface area contributed by atoms with Crippen LogP contribution in [0.4, 0.5) is 4.79 Å². The van der Waals surface area contributed by atoms with Gasteiger partial charge in [-0.2, -0.15) is 11.8 Å². The Hall–Kier alpha value is -3.65. The van der Waals surface area contributed by atoms with Crippen molar-refractivity contribution in [1.82, 2.24) is 10.2 Å². The summed E-state index contributed by atoms with van der Waals surface area (Å²) in [5.41, 5.74) is 1.97. The molecule has 2 aliphatic heterocycles. The van der Waals surface area contributed by atoms with Crippen LogP contribution in [-0.4, -0.2) is 59.3 Å². The van der Waals surface area contributed by atoms with Crippen molar-refractivity contribution in [3.8, 4) is 11.5 Å². The number of nitrogens with zero attached hydrogens (tertiary/aromatic N) is 1. The molecule has 3 aromatic rings. The Morgan fingerprint density at radius 2 is 1.49 bits per heavy atom. The Balaban J connectivity index is 1.68. The van der Waals surface area contributed by atoms with Gasteiger partial charge in [-0.3, -0.25) is 4.79 Å². The van der Waals surface area contributed by atoms with Crippen molar-refractivity contribution in [2.75, 3.05) is 20.0 Å². The van der Waals surface area contributed by atoms with Crippen molar-refractivity contribution in [3.05, 3.63) is 95.6 Å². The van der Waals surface area contributed by atoms with E-state index < -0.39 is 11.5 Å². The van der Waals surface area contributed by atoms with Gasteiger partial charge < -0.3 is 24.8 Å². The number of hydrogen-bond donors (Lipinski definition) is 2. The number of benzene rings is 3. The topological polar surface area (TPSA) is 88.1 Å². The van der Waals surface area contributed by atoms with Crippen LogP contribution < -0.4 is 14.8 Å². The number of aliphatic carboxylic acids is 1. The highest BCUT2D eigenvalue weighted by Crippen LogP contribution is 2.50. The van der Waals surface area contributed by atoms with Crippen LogP contribution in [0.1, 0.15) is 42.4 Å². The monoisotopic (exact) mass is 546 g/mol. The second-order valence-corrected chi connectivity index (χ2v) is 11.2. The number of urea groups is 1. The van der Waals surface area contributed by atoms with Crippen LogP contribution in [0.5, 0.6) is 11.5 Å². The van der Waals surface area contributed by atoms with E-state index in [2.05, 4.69) is 22.3 Å². The Bertz CT molecular complexity index is 1240.